The fourth-order valence-electron chi connectivity index (χ4n) is 1.93. The lowest BCUT2D eigenvalue weighted by atomic mass is 10.2. The molecule has 16 heavy (non-hydrogen) atoms. The highest BCUT2D eigenvalue weighted by Crippen LogP contribution is 2.24. The summed E-state index contributed by atoms with van der Waals surface area (Å²) in [6, 6.07) is 8.21. The van der Waals surface area contributed by atoms with E-state index in [4.69, 9.17) is 0 Å². The van der Waals surface area contributed by atoms with Gasteiger partial charge in [-0.3, -0.25) is 5.01 Å². The van der Waals surface area contributed by atoms with Crippen molar-refractivity contribution in [3.63, 3.8) is 0 Å². The first kappa shape index (κ1) is 9.27. The first-order valence-corrected chi connectivity index (χ1v) is 5.31. The van der Waals surface area contributed by atoms with Gasteiger partial charge in [0.25, 0.3) is 0 Å². The summed E-state index contributed by atoms with van der Waals surface area (Å²) < 4.78 is 0. The molecule has 80 valence electrons. The molecule has 0 aliphatic carbocycles. The number of benzene rings is 1. The third kappa shape index (κ3) is 1.43. The van der Waals surface area contributed by atoms with Crippen molar-refractivity contribution in [2.45, 2.75) is 12.5 Å². The van der Waals surface area contributed by atoms with Crippen LogP contribution in [0.1, 0.15) is 18.3 Å². The van der Waals surface area contributed by atoms with E-state index >= 15 is 0 Å². The van der Waals surface area contributed by atoms with Crippen LogP contribution in [0.5, 0.6) is 0 Å². The Morgan fingerprint density at radius 3 is 3.00 bits per heavy atom. The van der Waals surface area contributed by atoms with Crippen LogP contribution in [0.4, 0.5) is 0 Å². The summed E-state index contributed by atoms with van der Waals surface area (Å²) >= 11 is 0. The largest absolute Gasteiger partial charge is 0.289 e. The second-order valence-corrected chi connectivity index (χ2v) is 3.91. The first-order valence-electron chi connectivity index (χ1n) is 5.31. The zero-order valence-corrected chi connectivity index (χ0v) is 9.04. The van der Waals surface area contributed by atoms with Crippen LogP contribution in [0.2, 0.25) is 0 Å². The average molecular weight is 212 g/mol. The SMILES string of the molecule is CN1N=CCC1c1ncc2ccccc2n1. The minimum Gasteiger partial charge on any atom is -0.289 e. The Morgan fingerprint density at radius 1 is 1.31 bits per heavy atom. The van der Waals surface area contributed by atoms with Crippen molar-refractivity contribution in [3.8, 4) is 0 Å². The monoisotopic (exact) mass is 212 g/mol. The number of para-hydroxylation sites is 1. The predicted octanol–water partition coefficient (Wildman–Crippen LogP) is 1.99. The standard InChI is InChI=1S/C12H12N4/c1-16-11(6-7-14-16)12-13-8-9-4-2-3-5-10(9)15-12/h2-5,7-8,11H,6H2,1H3. The summed E-state index contributed by atoms with van der Waals surface area (Å²) in [4.78, 5) is 8.98. The molecule has 0 saturated heterocycles. The molecule has 0 bridgehead atoms. The van der Waals surface area contributed by atoms with Crippen molar-refractivity contribution in [3.05, 3.63) is 36.3 Å². The van der Waals surface area contributed by atoms with E-state index in [9.17, 15) is 0 Å². The molecule has 2 aromatic rings. The van der Waals surface area contributed by atoms with Crippen molar-refractivity contribution in [2.24, 2.45) is 5.10 Å². The van der Waals surface area contributed by atoms with Crippen molar-refractivity contribution < 1.29 is 0 Å². The maximum atomic E-state index is 4.57. The van der Waals surface area contributed by atoms with Gasteiger partial charge in [0.2, 0.25) is 0 Å². The molecule has 4 nitrogen and oxygen atoms in total. The quantitative estimate of drug-likeness (QED) is 0.726. The summed E-state index contributed by atoms with van der Waals surface area (Å²) in [5.74, 6) is 0.846. The Bertz CT molecular complexity index is 549. The lowest BCUT2D eigenvalue weighted by Gasteiger charge is -2.17. The number of nitrogens with zero attached hydrogens (tertiary/aromatic N) is 4. The highest BCUT2D eigenvalue weighted by Gasteiger charge is 2.21. The number of fused-ring (bicyclic) bond motifs is 1. The van der Waals surface area contributed by atoms with Crippen molar-refractivity contribution in [2.75, 3.05) is 7.05 Å². The molecule has 1 aromatic heterocycles. The molecule has 1 unspecified atom stereocenters. The summed E-state index contributed by atoms with van der Waals surface area (Å²) in [5, 5.41) is 7.19. The van der Waals surface area contributed by atoms with E-state index < -0.39 is 0 Å². The van der Waals surface area contributed by atoms with Crippen molar-refractivity contribution in [1.82, 2.24) is 15.0 Å². The van der Waals surface area contributed by atoms with Crippen LogP contribution >= 0.6 is 0 Å². The van der Waals surface area contributed by atoms with Gasteiger partial charge in [0.1, 0.15) is 6.04 Å². The third-order valence-electron chi connectivity index (χ3n) is 2.85. The van der Waals surface area contributed by atoms with E-state index in [1.165, 1.54) is 0 Å². The van der Waals surface area contributed by atoms with Gasteiger partial charge in [0, 0.05) is 31.3 Å². The second kappa shape index (κ2) is 3.56. The maximum Gasteiger partial charge on any atom is 0.153 e. The molecule has 0 fully saturated rings. The van der Waals surface area contributed by atoms with E-state index in [-0.39, 0.29) is 6.04 Å². The lowest BCUT2D eigenvalue weighted by molar-refractivity contribution is 0.279. The Morgan fingerprint density at radius 2 is 2.19 bits per heavy atom. The Hall–Kier alpha value is -1.97. The normalized spacial score (nSPS) is 19.6. The Labute approximate surface area is 93.6 Å². The van der Waals surface area contributed by atoms with Crippen LogP contribution in [0.15, 0.2) is 35.6 Å². The summed E-state index contributed by atoms with van der Waals surface area (Å²) in [5.41, 5.74) is 0.993. The van der Waals surface area contributed by atoms with Crippen LogP contribution in [0.3, 0.4) is 0 Å². The molecule has 1 aromatic carbocycles. The topological polar surface area (TPSA) is 41.4 Å². The minimum absolute atomic E-state index is 0.185. The van der Waals surface area contributed by atoms with Crippen LogP contribution in [0.25, 0.3) is 10.9 Å². The van der Waals surface area contributed by atoms with E-state index in [1.807, 2.05) is 48.7 Å². The molecule has 3 rings (SSSR count). The van der Waals surface area contributed by atoms with E-state index in [1.54, 1.807) is 0 Å². The molecule has 0 spiro atoms. The van der Waals surface area contributed by atoms with Crippen molar-refractivity contribution >= 4 is 17.1 Å². The van der Waals surface area contributed by atoms with Crippen LogP contribution in [0, 0.1) is 0 Å². The molecular weight excluding hydrogens is 200 g/mol. The molecule has 1 aliphatic rings. The molecule has 4 heteroatoms. The van der Waals surface area contributed by atoms with Gasteiger partial charge in [-0.1, -0.05) is 18.2 Å². The zero-order valence-electron chi connectivity index (χ0n) is 9.04. The van der Waals surface area contributed by atoms with E-state index in [0.29, 0.717) is 0 Å². The Kier molecular flexibility index (Phi) is 2.06. The predicted molar refractivity (Wildman–Crippen MR) is 63.2 cm³/mol. The summed E-state index contributed by atoms with van der Waals surface area (Å²) in [7, 11) is 1.95. The molecular formula is C12H12N4. The van der Waals surface area contributed by atoms with Gasteiger partial charge in [-0.05, 0) is 6.07 Å². The van der Waals surface area contributed by atoms with Gasteiger partial charge in [-0.2, -0.15) is 5.10 Å². The molecule has 0 N–H and O–H groups in total. The fourth-order valence-corrected chi connectivity index (χ4v) is 1.93. The number of hydrogen-bond acceptors (Lipinski definition) is 4. The van der Waals surface area contributed by atoms with Gasteiger partial charge in [0.05, 0.1) is 5.52 Å². The fraction of sp³-hybridized carbons (Fsp3) is 0.250. The highest BCUT2D eigenvalue weighted by atomic mass is 15.5. The van der Waals surface area contributed by atoms with Crippen molar-refractivity contribution in [1.29, 1.82) is 0 Å². The minimum atomic E-state index is 0.185. The van der Waals surface area contributed by atoms with Crippen LogP contribution in [-0.4, -0.2) is 28.2 Å². The van der Waals surface area contributed by atoms with E-state index in [2.05, 4.69) is 15.1 Å². The number of rotatable bonds is 1. The molecule has 0 saturated carbocycles. The molecule has 0 amide bonds. The van der Waals surface area contributed by atoms with E-state index in [0.717, 1.165) is 23.1 Å². The smallest absolute Gasteiger partial charge is 0.153 e. The molecule has 0 radical (unpaired) electrons. The van der Waals surface area contributed by atoms with Gasteiger partial charge < -0.3 is 0 Å². The first-order chi connectivity index (χ1) is 7.84. The number of hydrogen-bond donors (Lipinski definition) is 0. The van der Waals surface area contributed by atoms with Crippen LogP contribution in [-0.2, 0) is 0 Å². The van der Waals surface area contributed by atoms with Gasteiger partial charge >= 0.3 is 0 Å². The van der Waals surface area contributed by atoms with Crippen LogP contribution < -0.4 is 0 Å². The van der Waals surface area contributed by atoms with Gasteiger partial charge in [-0.25, -0.2) is 9.97 Å². The molecule has 1 atom stereocenters. The average Bonchev–Trinajstić information content (AvgIpc) is 2.75. The molecule has 2 heterocycles. The van der Waals surface area contributed by atoms with Gasteiger partial charge in [0.15, 0.2) is 5.82 Å². The van der Waals surface area contributed by atoms with Gasteiger partial charge in [-0.15, -0.1) is 0 Å². The lowest BCUT2D eigenvalue weighted by Crippen LogP contribution is -2.16. The second-order valence-electron chi connectivity index (χ2n) is 3.91. The third-order valence-corrected chi connectivity index (χ3v) is 2.85. The molecule has 1 aliphatic heterocycles. The summed E-state index contributed by atoms with van der Waals surface area (Å²) in [6.45, 7) is 0. The summed E-state index contributed by atoms with van der Waals surface area (Å²) in [6.07, 6.45) is 4.67. The number of hydrazone groups is 1. The Balaban J connectivity index is 2.05. The maximum absolute atomic E-state index is 4.57. The highest BCUT2D eigenvalue weighted by molar-refractivity contribution is 5.77. The number of aromatic nitrogens is 2. The zero-order chi connectivity index (χ0) is 11.0.